The van der Waals surface area contributed by atoms with Crippen molar-refractivity contribution in [2.75, 3.05) is 12.8 Å². The van der Waals surface area contributed by atoms with E-state index >= 15 is 0 Å². The molecule has 1 aromatic heterocycles. The quantitative estimate of drug-likeness (QED) is 0.868. The minimum Gasteiger partial charge on any atom is -0.464 e. The van der Waals surface area contributed by atoms with E-state index in [1.54, 1.807) is 18.2 Å². The van der Waals surface area contributed by atoms with E-state index in [-0.39, 0.29) is 17.3 Å². The van der Waals surface area contributed by atoms with Crippen LogP contribution in [0.15, 0.2) is 30.3 Å². The third-order valence-corrected chi connectivity index (χ3v) is 2.81. The first-order valence-electron chi connectivity index (χ1n) is 6.08. The fraction of sp³-hybridized carbons (Fsp3) is 0.133. The zero-order valence-electron chi connectivity index (χ0n) is 11.6. The Bertz CT molecular complexity index is 735. The summed E-state index contributed by atoms with van der Waals surface area (Å²) in [5.74, 6) is -0.0336. The summed E-state index contributed by atoms with van der Waals surface area (Å²) >= 11 is 0. The lowest BCUT2D eigenvalue weighted by atomic mass is 10.1. The standard InChI is InChI=1S/C15H13N3O3/c1-9-3-4-10(8-16)7-13(9)21-14-11(17)5-6-12(18-14)15(19)20-2/h3-7H,17H2,1-2H3. The van der Waals surface area contributed by atoms with Gasteiger partial charge < -0.3 is 15.2 Å². The number of nitrogen functional groups attached to an aromatic ring is 1. The molecule has 0 radical (unpaired) electrons. The molecular weight excluding hydrogens is 270 g/mol. The van der Waals surface area contributed by atoms with Crippen LogP contribution in [0.5, 0.6) is 11.6 Å². The lowest BCUT2D eigenvalue weighted by molar-refractivity contribution is 0.0593. The molecule has 0 unspecified atom stereocenters. The summed E-state index contributed by atoms with van der Waals surface area (Å²) in [6.07, 6.45) is 0. The Labute approximate surface area is 121 Å². The number of esters is 1. The van der Waals surface area contributed by atoms with Crippen LogP contribution in [-0.2, 0) is 4.74 Å². The van der Waals surface area contributed by atoms with E-state index in [1.165, 1.54) is 19.2 Å². The zero-order valence-corrected chi connectivity index (χ0v) is 11.6. The third kappa shape index (κ3) is 3.09. The molecule has 0 saturated heterocycles. The molecule has 0 atom stereocenters. The van der Waals surface area contributed by atoms with Crippen LogP contribution in [0.3, 0.4) is 0 Å². The van der Waals surface area contributed by atoms with Crippen molar-refractivity contribution >= 4 is 11.7 Å². The number of aromatic nitrogens is 1. The highest BCUT2D eigenvalue weighted by Gasteiger charge is 2.13. The van der Waals surface area contributed by atoms with Gasteiger partial charge in [-0.2, -0.15) is 5.26 Å². The molecule has 21 heavy (non-hydrogen) atoms. The van der Waals surface area contributed by atoms with E-state index in [1.807, 2.05) is 13.0 Å². The van der Waals surface area contributed by atoms with E-state index in [2.05, 4.69) is 9.72 Å². The summed E-state index contributed by atoms with van der Waals surface area (Å²) in [4.78, 5) is 15.5. The van der Waals surface area contributed by atoms with Crippen molar-refractivity contribution in [3.05, 3.63) is 47.2 Å². The van der Waals surface area contributed by atoms with Gasteiger partial charge in [0.2, 0.25) is 5.88 Å². The monoisotopic (exact) mass is 283 g/mol. The molecule has 0 aliphatic heterocycles. The third-order valence-electron chi connectivity index (χ3n) is 2.81. The number of nitriles is 1. The number of nitrogens with two attached hydrogens (primary N) is 1. The highest BCUT2D eigenvalue weighted by Crippen LogP contribution is 2.28. The molecule has 2 aromatic rings. The SMILES string of the molecule is COC(=O)c1ccc(N)c(Oc2cc(C#N)ccc2C)n1. The van der Waals surface area contributed by atoms with E-state index in [9.17, 15) is 4.79 Å². The largest absolute Gasteiger partial charge is 0.464 e. The number of hydrogen-bond donors (Lipinski definition) is 1. The van der Waals surface area contributed by atoms with Crippen molar-refractivity contribution in [3.63, 3.8) is 0 Å². The molecule has 1 aromatic carbocycles. The van der Waals surface area contributed by atoms with E-state index in [0.717, 1.165) is 5.56 Å². The van der Waals surface area contributed by atoms with Crippen molar-refractivity contribution in [2.45, 2.75) is 6.92 Å². The maximum atomic E-state index is 11.5. The summed E-state index contributed by atoms with van der Waals surface area (Å²) in [5.41, 5.74) is 7.45. The maximum Gasteiger partial charge on any atom is 0.356 e. The lowest BCUT2D eigenvalue weighted by Crippen LogP contribution is -2.06. The number of aryl methyl sites for hydroxylation is 1. The van der Waals surface area contributed by atoms with Crippen LogP contribution >= 0.6 is 0 Å². The fourth-order valence-electron chi connectivity index (χ4n) is 1.63. The Kier molecular flexibility index (Phi) is 4.05. The van der Waals surface area contributed by atoms with Gasteiger partial charge in [-0.1, -0.05) is 6.07 Å². The fourth-order valence-corrected chi connectivity index (χ4v) is 1.63. The highest BCUT2D eigenvalue weighted by atomic mass is 16.5. The average Bonchev–Trinajstić information content (AvgIpc) is 2.50. The van der Waals surface area contributed by atoms with Crippen LogP contribution in [0.4, 0.5) is 5.69 Å². The predicted molar refractivity (Wildman–Crippen MR) is 76.0 cm³/mol. The average molecular weight is 283 g/mol. The van der Waals surface area contributed by atoms with Crippen LogP contribution in [-0.4, -0.2) is 18.1 Å². The number of benzene rings is 1. The molecule has 0 amide bonds. The van der Waals surface area contributed by atoms with Crippen molar-refractivity contribution in [3.8, 4) is 17.7 Å². The van der Waals surface area contributed by atoms with Gasteiger partial charge in [0.1, 0.15) is 5.75 Å². The molecule has 2 rings (SSSR count). The Morgan fingerprint density at radius 3 is 2.76 bits per heavy atom. The number of ether oxygens (including phenoxy) is 2. The van der Waals surface area contributed by atoms with Crippen LogP contribution in [0.25, 0.3) is 0 Å². The van der Waals surface area contributed by atoms with Crippen LogP contribution < -0.4 is 10.5 Å². The summed E-state index contributed by atoms with van der Waals surface area (Å²) in [6.45, 7) is 1.83. The number of carbonyl (C=O) groups is 1. The predicted octanol–water partition coefficient (Wildman–Crippen LogP) is 2.42. The van der Waals surface area contributed by atoms with E-state index in [0.29, 0.717) is 11.3 Å². The molecule has 0 saturated carbocycles. The second kappa shape index (κ2) is 5.92. The van der Waals surface area contributed by atoms with Gasteiger partial charge in [0, 0.05) is 0 Å². The zero-order chi connectivity index (χ0) is 15.4. The summed E-state index contributed by atoms with van der Waals surface area (Å²) < 4.78 is 10.2. The van der Waals surface area contributed by atoms with E-state index in [4.69, 9.17) is 15.7 Å². The molecule has 6 nitrogen and oxygen atoms in total. The van der Waals surface area contributed by atoms with Crippen molar-refractivity contribution in [2.24, 2.45) is 0 Å². The van der Waals surface area contributed by atoms with Gasteiger partial charge in [-0.3, -0.25) is 0 Å². The van der Waals surface area contributed by atoms with Crippen LogP contribution in [0.1, 0.15) is 21.6 Å². The van der Waals surface area contributed by atoms with Gasteiger partial charge in [0.05, 0.1) is 24.4 Å². The molecule has 0 fully saturated rings. The first kappa shape index (κ1) is 14.3. The number of anilines is 1. The van der Waals surface area contributed by atoms with Gasteiger partial charge in [-0.05, 0) is 36.8 Å². The Morgan fingerprint density at radius 2 is 2.10 bits per heavy atom. The molecule has 0 bridgehead atoms. The second-order valence-electron chi connectivity index (χ2n) is 4.28. The topological polar surface area (TPSA) is 98.2 Å². The van der Waals surface area contributed by atoms with Crippen molar-refractivity contribution in [1.82, 2.24) is 4.98 Å². The Balaban J connectivity index is 2.39. The summed E-state index contributed by atoms with van der Waals surface area (Å²) in [6, 6.07) is 10.0. The molecule has 0 spiro atoms. The van der Waals surface area contributed by atoms with Crippen molar-refractivity contribution in [1.29, 1.82) is 5.26 Å². The highest BCUT2D eigenvalue weighted by molar-refractivity contribution is 5.87. The molecule has 1 heterocycles. The molecule has 106 valence electrons. The Morgan fingerprint density at radius 1 is 1.33 bits per heavy atom. The van der Waals surface area contributed by atoms with Gasteiger partial charge in [0.25, 0.3) is 0 Å². The molecule has 0 aliphatic carbocycles. The minimum atomic E-state index is -0.581. The molecule has 0 aliphatic rings. The number of hydrogen-bond acceptors (Lipinski definition) is 6. The Hall–Kier alpha value is -3.07. The first-order valence-corrected chi connectivity index (χ1v) is 6.08. The van der Waals surface area contributed by atoms with Crippen molar-refractivity contribution < 1.29 is 14.3 Å². The molecule has 6 heteroatoms. The second-order valence-corrected chi connectivity index (χ2v) is 4.28. The number of nitrogens with zero attached hydrogens (tertiary/aromatic N) is 2. The van der Waals surface area contributed by atoms with E-state index < -0.39 is 5.97 Å². The van der Waals surface area contributed by atoms with Gasteiger partial charge in [-0.25, -0.2) is 9.78 Å². The number of pyridine rings is 1. The number of rotatable bonds is 3. The van der Waals surface area contributed by atoms with Gasteiger partial charge >= 0.3 is 5.97 Å². The number of carbonyl (C=O) groups excluding carboxylic acids is 1. The lowest BCUT2D eigenvalue weighted by Gasteiger charge is -2.11. The summed E-state index contributed by atoms with van der Waals surface area (Å²) in [7, 11) is 1.27. The molecular formula is C15H13N3O3. The molecule has 2 N–H and O–H groups in total. The smallest absolute Gasteiger partial charge is 0.356 e. The normalized spacial score (nSPS) is 9.76. The number of methoxy groups -OCH3 is 1. The minimum absolute atomic E-state index is 0.0933. The van der Waals surface area contributed by atoms with Crippen LogP contribution in [0.2, 0.25) is 0 Å². The summed E-state index contributed by atoms with van der Waals surface area (Å²) in [5, 5.41) is 8.92. The van der Waals surface area contributed by atoms with Gasteiger partial charge in [-0.15, -0.1) is 0 Å². The maximum absolute atomic E-state index is 11.5. The van der Waals surface area contributed by atoms with Crippen LogP contribution in [0, 0.1) is 18.3 Å². The first-order chi connectivity index (χ1) is 10.0. The van der Waals surface area contributed by atoms with Gasteiger partial charge in [0.15, 0.2) is 5.69 Å².